The van der Waals surface area contributed by atoms with E-state index in [1.807, 2.05) is 108 Å². The third kappa shape index (κ3) is 21.6. The van der Waals surface area contributed by atoms with Crippen LogP contribution in [0.25, 0.3) is 0 Å². The molecule has 3 aromatic rings. The summed E-state index contributed by atoms with van der Waals surface area (Å²) in [5.74, 6) is -0.990. The number of amides is 6. The second kappa shape index (κ2) is 37.2. The number of nitrogens with zero attached hydrogens (tertiary/aromatic N) is 9. The number of aliphatic imine (C=N–C) groups is 6. The molecular formula is C75H95N15O12S6. The summed E-state index contributed by atoms with van der Waals surface area (Å²) in [6.07, 6.45) is 8.67. The van der Waals surface area contributed by atoms with Crippen molar-refractivity contribution in [3.63, 3.8) is 0 Å². The van der Waals surface area contributed by atoms with Gasteiger partial charge in [-0.05, 0) is 85.1 Å². The number of rotatable bonds is 13. The molecular weight excluding hydrogens is 1500 g/mol. The Morgan fingerprint density at radius 2 is 0.935 bits per heavy atom. The minimum atomic E-state index is -1.03. The Balaban J connectivity index is 0.000000173. The maximum atomic E-state index is 13.4. The summed E-state index contributed by atoms with van der Waals surface area (Å²) in [7, 11) is 0. The fourth-order valence-corrected chi connectivity index (χ4v) is 16.7. The molecule has 0 saturated carbocycles. The number of nitrogens with one attached hydrogen (secondary N) is 6. The van der Waals surface area contributed by atoms with Crippen molar-refractivity contribution in [3.8, 4) is 0 Å². The average molecular weight is 1590 g/mol. The van der Waals surface area contributed by atoms with Crippen LogP contribution in [0.2, 0.25) is 0 Å². The van der Waals surface area contributed by atoms with E-state index < -0.39 is 71.0 Å². The van der Waals surface area contributed by atoms with Gasteiger partial charge in [0.1, 0.15) is 68.2 Å². The average Bonchev–Trinajstić information content (AvgIpc) is 1.71. The normalized spacial score (nSPS) is 27.2. The van der Waals surface area contributed by atoms with Crippen molar-refractivity contribution in [2.75, 3.05) is 48.4 Å². The number of carbonyl (C=O) groups excluding carboxylic acids is 9. The second-order valence-electron chi connectivity index (χ2n) is 29.2. The van der Waals surface area contributed by atoms with Crippen LogP contribution >= 0.6 is 73.2 Å². The van der Waals surface area contributed by atoms with Gasteiger partial charge in [-0.25, -0.2) is 19.1 Å². The Hall–Kier alpha value is -7.85. The summed E-state index contributed by atoms with van der Waals surface area (Å²) in [5.41, 5.74) is 6.13. The Labute approximate surface area is 658 Å². The van der Waals surface area contributed by atoms with Crippen LogP contribution in [0, 0.1) is 17.8 Å². The van der Waals surface area contributed by atoms with E-state index in [0.717, 1.165) is 62.9 Å². The zero-order valence-corrected chi connectivity index (χ0v) is 67.2. The molecule has 9 atom stereocenters. The van der Waals surface area contributed by atoms with Gasteiger partial charge >= 0.3 is 17.9 Å². The quantitative estimate of drug-likeness (QED) is 0.0479. The first-order chi connectivity index (χ1) is 51.5. The summed E-state index contributed by atoms with van der Waals surface area (Å²) in [6, 6.07) is 12.8. The van der Waals surface area contributed by atoms with Gasteiger partial charge in [0.15, 0.2) is 0 Å². The number of ether oxygens (including phenoxy) is 3. The van der Waals surface area contributed by atoms with Crippen LogP contribution in [0.5, 0.6) is 0 Å². The molecule has 27 nitrogen and oxygen atoms in total. The third-order valence-corrected chi connectivity index (χ3v) is 23.6. The zero-order chi connectivity index (χ0) is 77.6. The fraction of sp³-hybridized carbons (Fsp3) is 0.533. The Kier molecular flexibility index (Phi) is 28.5. The van der Waals surface area contributed by atoms with Crippen molar-refractivity contribution in [3.05, 3.63) is 118 Å². The first-order valence-corrected chi connectivity index (χ1v) is 41.1. The van der Waals surface area contributed by atoms with Crippen molar-refractivity contribution in [1.29, 1.82) is 0 Å². The number of aryl methyl sites for hydroxylation is 2. The fourth-order valence-electron chi connectivity index (χ4n) is 12.5. The minimum Gasteiger partial charge on any atom is -0.460 e. The molecule has 0 unspecified atom stereocenters. The number of esters is 3. The van der Waals surface area contributed by atoms with E-state index in [2.05, 4.69) is 110 Å². The predicted octanol–water partition coefficient (Wildman–Crippen LogP) is 6.86. The standard InChI is InChI=1S/2C26H32N4O4S2.C23H31N7O4S2/c1-15(2)22-24(32)34-19(10-16-5-4-6-17(9-16)13-35)11-21(31)27-12-18-7-8-20(28-18)23-30-26(3,14-36-23)25(33)29-22;1-15(2)22-24(32)34-20(17-6-4-5-16(11-17)9-10-35)12-21(31)27-13-18-7-8-19(28-18)23-30-26(3,14-36-23)25(33)29-22;1-13(2)19-21(32)34-16(11-30-15(6-7-35)10-25-29-30)8-18(31)24-9-14-4-5-17(26-14)20-28-23(3,12-36-20)22(33)27-19/h4-6,8-9,15,19,22,35H,7,10-14H2,1-3H3,(H,27,31)(H,29,33);4-6,8,11,15,20,22,35H,7,9-10,12-14H2,1-3H3,(H,27,31)(H,29,33);5,10,13,16,19,35H,4,6-9,11-12H2,1-3H3,(H,24,31)(H,27,33)/t19-,22+,26+;20-,22-,26-;16-,19-,23-/m100/s1. The maximum absolute atomic E-state index is 13.4. The number of allylic oxidation sites excluding steroid dienone is 3. The van der Waals surface area contributed by atoms with Crippen molar-refractivity contribution < 1.29 is 57.4 Å². The van der Waals surface area contributed by atoms with Gasteiger partial charge in [-0.3, -0.25) is 58.7 Å². The lowest BCUT2D eigenvalue weighted by Gasteiger charge is -2.28. The molecule has 0 saturated heterocycles. The van der Waals surface area contributed by atoms with Crippen LogP contribution in [-0.2, 0) is 88.9 Å². The van der Waals surface area contributed by atoms with E-state index in [1.165, 1.54) is 35.3 Å². The molecule has 6 amide bonds. The summed E-state index contributed by atoms with van der Waals surface area (Å²) < 4.78 is 19.2. The van der Waals surface area contributed by atoms with Crippen LogP contribution in [0.4, 0.5) is 0 Å². The summed E-state index contributed by atoms with van der Waals surface area (Å²) in [6.45, 7) is 17.4. The molecule has 0 radical (unpaired) electrons. The molecule has 10 heterocycles. The van der Waals surface area contributed by atoms with E-state index in [0.29, 0.717) is 101 Å². The predicted molar refractivity (Wildman–Crippen MR) is 431 cm³/mol. The number of carbonyl (C=O) groups is 9. The molecule has 108 heavy (non-hydrogen) atoms. The monoisotopic (exact) mass is 1590 g/mol. The molecule has 578 valence electrons. The van der Waals surface area contributed by atoms with Gasteiger partial charge in [0, 0.05) is 65.8 Å². The van der Waals surface area contributed by atoms with Gasteiger partial charge in [0.2, 0.25) is 35.4 Å². The van der Waals surface area contributed by atoms with Crippen molar-refractivity contribution in [1.82, 2.24) is 46.9 Å². The SMILES string of the molecule is CC(C)[C@@H]1NC(=O)[C@]2(C)CSC(=N2)C2=CCC(=N2)CNC(=O)C[C@@H](Cc2cccc(CS)c2)OC1=O.CC(C)[C@@H]1NC(=O)[C@]2(C)CSC(=N2)C2=CCC(=N2)CNC(=O)C[C@@H](Cn2nncc2CCS)OC1=O.CC(C)[C@@H]1NC(=O)[C@]2(C)CSC(=N2)C2=CCC(=N2)CNC(=O)C[C@@H](c2cccc(CCS)c2)OC1=O. The molecule has 2 aromatic carbocycles. The van der Waals surface area contributed by atoms with E-state index >= 15 is 0 Å². The second-order valence-corrected chi connectivity index (χ2v) is 33.3. The van der Waals surface area contributed by atoms with E-state index in [4.69, 9.17) is 14.2 Å². The third-order valence-electron chi connectivity index (χ3n) is 19.0. The minimum absolute atomic E-state index is 0.00342. The molecule has 6 N–H and O–H groups in total. The molecule has 0 aliphatic carbocycles. The molecule has 0 fully saturated rings. The number of fused-ring (bicyclic) bond motifs is 9. The highest BCUT2D eigenvalue weighted by molar-refractivity contribution is 8.15. The molecule has 0 spiro atoms. The molecule has 1 aromatic heterocycles. The van der Waals surface area contributed by atoms with Crippen LogP contribution in [0.1, 0.15) is 135 Å². The van der Waals surface area contributed by atoms with Gasteiger partial charge in [0.05, 0.1) is 74.4 Å². The topological polar surface area (TPSA) is 358 Å². The maximum Gasteiger partial charge on any atom is 0.329 e. The number of cyclic esters (lactones) is 3. The lowest BCUT2D eigenvalue weighted by molar-refractivity contribution is -0.157. The number of aromatic nitrogens is 3. The summed E-state index contributed by atoms with van der Waals surface area (Å²) in [5, 5.41) is 27.4. The van der Waals surface area contributed by atoms with Crippen LogP contribution < -0.4 is 31.9 Å². The van der Waals surface area contributed by atoms with Crippen molar-refractivity contribution in [2.45, 2.75) is 185 Å². The highest BCUT2D eigenvalue weighted by Crippen LogP contribution is 2.37. The highest BCUT2D eigenvalue weighted by Gasteiger charge is 2.46. The van der Waals surface area contributed by atoms with Crippen LogP contribution in [0.3, 0.4) is 0 Å². The summed E-state index contributed by atoms with van der Waals surface area (Å²) in [4.78, 5) is 146. The van der Waals surface area contributed by atoms with Crippen molar-refractivity contribution >= 4 is 159 Å². The first kappa shape index (κ1) is 82.6. The molecule has 12 bridgehead atoms. The highest BCUT2D eigenvalue weighted by atomic mass is 32.2. The van der Waals surface area contributed by atoms with Crippen molar-refractivity contribution in [2.24, 2.45) is 47.7 Å². The number of benzene rings is 2. The van der Waals surface area contributed by atoms with E-state index in [9.17, 15) is 43.2 Å². The van der Waals surface area contributed by atoms with Crippen LogP contribution in [0.15, 0.2) is 120 Å². The molecule has 33 heteroatoms. The van der Waals surface area contributed by atoms with Gasteiger partial charge < -0.3 is 46.1 Å². The Morgan fingerprint density at radius 3 is 1.39 bits per heavy atom. The van der Waals surface area contributed by atoms with Gasteiger partial charge in [-0.15, -0.1) is 40.4 Å². The van der Waals surface area contributed by atoms with Gasteiger partial charge in [0.25, 0.3) is 0 Å². The number of thioether (sulfide) groups is 3. The molecule has 12 rings (SSSR count). The number of hydrogen-bond donors (Lipinski definition) is 9. The lowest BCUT2D eigenvalue weighted by Crippen LogP contribution is -2.53. The lowest BCUT2D eigenvalue weighted by atomic mass is 9.99. The van der Waals surface area contributed by atoms with E-state index in [-0.39, 0.29) is 85.5 Å². The number of thiol groups is 3. The van der Waals surface area contributed by atoms with Crippen LogP contribution in [-0.4, -0.2) is 196 Å². The summed E-state index contributed by atoms with van der Waals surface area (Å²) >= 11 is 17.3. The smallest absolute Gasteiger partial charge is 0.329 e. The zero-order valence-electron chi connectivity index (χ0n) is 62.0. The Morgan fingerprint density at radius 1 is 0.519 bits per heavy atom. The largest absolute Gasteiger partial charge is 0.460 e. The van der Waals surface area contributed by atoms with Gasteiger partial charge in [-0.1, -0.05) is 114 Å². The Bertz CT molecular complexity index is 4260. The molecule has 9 aliphatic heterocycles. The first-order valence-electron chi connectivity index (χ1n) is 36.2. The molecule has 9 aliphatic rings. The number of hydrogen-bond acceptors (Lipinski definition) is 26. The van der Waals surface area contributed by atoms with Gasteiger partial charge in [-0.2, -0.15) is 37.9 Å². The van der Waals surface area contributed by atoms with E-state index in [1.54, 1.807) is 31.6 Å².